The van der Waals surface area contributed by atoms with Crippen LogP contribution in [0.1, 0.15) is 11.1 Å². The van der Waals surface area contributed by atoms with Gasteiger partial charge in [-0.2, -0.15) is 0 Å². The average Bonchev–Trinajstić information content (AvgIpc) is 2.81. The van der Waals surface area contributed by atoms with E-state index in [0.29, 0.717) is 0 Å². The molecule has 0 bridgehead atoms. The third kappa shape index (κ3) is 2.85. The standard InChI is InChI=1S/C30H23N/c1-20-6-14-25(15-7-20)31(26-16-8-21(2)9-17-26)28-19-13-24-11-10-22-4-3-5-23-12-18-27(28)30(24)29(22)23/h3-19H,1-2H3. The molecule has 0 heterocycles. The molecule has 0 spiro atoms. The van der Waals surface area contributed by atoms with E-state index in [2.05, 4.69) is 122 Å². The van der Waals surface area contributed by atoms with Crippen LogP contribution >= 0.6 is 0 Å². The van der Waals surface area contributed by atoms with Crippen molar-refractivity contribution < 1.29 is 0 Å². The van der Waals surface area contributed by atoms with E-state index in [-0.39, 0.29) is 0 Å². The van der Waals surface area contributed by atoms with Gasteiger partial charge in [-0.25, -0.2) is 0 Å². The molecule has 0 aliphatic rings. The molecule has 1 nitrogen and oxygen atoms in total. The molecule has 0 amide bonds. The van der Waals surface area contributed by atoms with E-state index >= 15 is 0 Å². The summed E-state index contributed by atoms with van der Waals surface area (Å²) >= 11 is 0. The van der Waals surface area contributed by atoms with Gasteiger partial charge in [0.1, 0.15) is 0 Å². The Balaban J connectivity index is 1.69. The smallest absolute Gasteiger partial charge is 0.0540 e. The van der Waals surface area contributed by atoms with Crippen molar-refractivity contribution >= 4 is 49.4 Å². The van der Waals surface area contributed by atoms with E-state index in [1.807, 2.05) is 0 Å². The first-order chi connectivity index (χ1) is 15.2. The fourth-order valence-corrected chi connectivity index (χ4v) is 4.73. The van der Waals surface area contributed by atoms with Crippen LogP contribution in [-0.4, -0.2) is 0 Å². The molecule has 31 heavy (non-hydrogen) atoms. The van der Waals surface area contributed by atoms with E-state index < -0.39 is 0 Å². The highest BCUT2D eigenvalue weighted by Gasteiger charge is 2.18. The lowest BCUT2D eigenvalue weighted by Crippen LogP contribution is -2.10. The summed E-state index contributed by atoms with van der Waals surface area (Å²) in [6.07, 6.45) is 0. The van der Waals surface area contributed by atoms with Gasteiger partial charge in [-0.3, -0.25) is 0 Å². The Kier molecular flexibility index (Phi) is 3.97. The molecule has 0 aliphatic carbocycles. The van der Waals surface area contributed by atoms with Crippen LogP contribution in [0.25, 0.3) is 32.3 Å². The first kappa shape index (κ1) is 18.0. The Labute approximate surface area is 182 Å². The summed E-state index contributed by atoms with van der Waals surface area (Å²) in [5, 5.41) is 7.86. The minimum atomic E-state index is 1.17. The molecule has 0 radical (unpaired) electrons. The minimum Gasteiger partial charge on any atom is -0.310 e. The van der Waals surface area contributed by atoms with Crippen LogP contribution in [0.3, 0.4) is 0 Å². The van der Waals surface area contributed by atoms with E-state index in [1.165, 1.54) is 60.5 Å². The van der Waals surface area contributed by atoms with Gasteiger partial charge < -0.3 is 4.90 Å². The molecule has 6 rings (SSSR count). The molecule has 0 aromatic heterocycles. The molecule has 148 valence electrons. The van der Waals surface area contributed by atoms with E-state index in [1.54, 1.807) is 0 Å². The summed E-state index contributed by atoms with van der Waals surface area (Å²) in [5.74, 6) is 0. The summed E-state index contributed by atoms with van der Waals surface area (Å²) in [5.41, 5.74) is 6.08. The van der Waals surface area contributed by atoms with Crippen molar-refractivity contribution in [2.24, 2.45) is 0 Å². The van der Waals surface area contributed by atoms with Gasteiger partial charge in [0.05, 0.1) is 5.69 Å². The zero-order valence-electron chi connectivity index (χ0n) is 17.8. The lowest BCUT2D eigenvalue weighted by atomic mass is 9.93. The Hall–Kier alpha value is -3.84. The van der Waals surface area contributed by atoms with E-state index in [4.69, 9.17) is 0 Å². The zero-order valence-corrected chi connectivity index (χ0v) is 17.8. The van der Waals surface area contributed by atoms with Gasteiger partial charge in [0.2, 0.25) is 0 Å². The predicted octanol–water partition coefficient (Wildman–Crippen LogP) is 8.67. The van der Waals surface area contributed by atoms with Crippen LogP contribution < -0.4 is 4.90 Å². The number of nitrogens with zero attached hydrogens (tertiary/aromatic N) is 1. The summed E-state index contributed by atoms with van der Waals surface area (Å²) in [7, 11) is 0. The Morgan fingerprint density at radius 3 is 1.52 bits per heavy atom. The molecule has 0 fully saturated rings. The third-order valence-corrected chi connectivity index (χ3v) is 6.33. The highest BCUT2D eigenvalue weighted by molar-refractivity contribution is 6.25. The Morgan fingerprint density at radius 2 is 0.935 bits per heavy atom. The number of anilines is 3. The second-order valence-electron chi connectivity index (χ2n) is 8.45. The highest BCUT2D eigenvalue weighted by Crippen LogP contribution is 2.43. The fraction of sp³-hybridized carbons (Fsp3) is 0.0667. The molecular weight excluding hydrogens is 374 g/mol. The summed E-state index contributed by atoms with van der Waals surface area (Å²) < 4.78 is 0. The Bertz CT molecular complexity index is 1460. The molecule has 0 unspecified atom stereocenters. The Morgan fingerprint density at radius 1 is 0.452 bits per heavy atom. The van der Waals surface area contributed by atoms with Crippen molar-refractivity contribution in [3.8, 4) is 0 Å². The zero-order chi connectivity index (χ0) is 20.9. The van der Waals surface area contributed by atoms with Crippen LogP contribution in [0.2, 0.25) is 0 Å². The van der Waals surface area contributed by atoms with Gasteiger partial charge in [0.15, 0.2) is 0 Å². The number of benzene rings is 6. The summed E-state index contributed by atoms with van der Waals surface area (Å²) in [4.78, 5) is 2.38. The molecule has 0 saturated heterocycles. The predicted molar refractivity (Wildman–Crippen MR) is 134 cm³/mol. The minimum absolute atomic E-state index is 1.17. The summed E-state index contributed by atoms with van der Waals surface area (Å²) in [6, 6.07) is 37.7. The van der Waals surface area contributed by atoms with Gasteiger partial charge in [0.25, 0.3) is 0 Å². The lowest BCUT2D eigenvalue weighted by Gasteiger charge is -2.28. The molecule has 6 aromatic carbocycles. The molecule has 1 heteroatoms. The van der Waals surface area contributed by atoms with Crippen LogP contribution in [-0.2, 0) is 0 Å². The van der Waals surface area contributed by atoms with Crippen molar-refractivity contribution in [3.63, 3.8) is 0 Å². The van der Waals surface area contributed by atoms with Gasteiger partial charge in [0, 0.05) is 16.8 Å². The second-order valence-corrected chi connectivity index (χ2v) is 8.45. The SMILES string of the molecule is Cc1ccc(N(c2ccc(C)cc2)c2ccc3ccc4cccc5ccc2c3c45)cc1. The molecule has 0 atom stereocenters. The average molecular weight is 398 g/mol. The number of hydrogen-bond acceptors (Lipinski definition) is 1. The maximum atomic E-state index is 2.38. The van der Waals surface area contributed by atoms with Gasteiger partial charge in [-0.1, -0.05) is 83.9 Å². The van der Waals surface area contributed by atoms with Crippen LogP contribution in [0.4, 0.5) is 17.1 Å². The van der Waals surface area contributed by atoms with Crippen molar-refractivity contribution in [2.45, 2.75) is 13.8 Å². The number of aryl methyl sites for hydroxylation is 2. The quantitative estimate of drug-likeness (QED) is 0.270. The maximum Gasteiger partial charge on any atom is 0.0540 e. The van der Waals surface area contributed by atoms with Crippen LogP contribution in [0.5, 0.6) is 0 Å². The molecule has 0 saturated carbocycles. The van der Waals surface area contributed by atoms with Crippen molar-refractivity contribution in [3.05, 3.63) is 114 Å². The van der Waals surface area contributed by atoms with E-state index in [9.17, 15) is 0 Å². The van der Waals surface area contributed by atoms with Crippen LogP contribution in [0, 0.1) is 13.8 Å². The number of hydrogen-bond donors (Lipinski definition) is 0. The topological polar surface area (TPSA) is 3.24 Å². The van der Waals surface area contributed by atoms with Gasteiger partial charge in [-0.05, 0) is 71.1 Å². The van der Waals surface area contributed by atoms with Gasteiger partial charge in [-0.15, -0.1) is 0 Å². The third-order valence-electron chi connectivity index (χ3n) is 6.33. The van der Waals surface area contributed by atoms with Crippen molar-refractivity contribution in [2.75, 3.05) is 4.90 Å². The van der Waals surface area contributed by atoms with Crippen LogP contribution in [0.15, 0.2) is 103 Å². The monoisotopic (exact) mass is 397 g/mol. The van der Waals surface area contributed by atoms with Gasteiger partial charge >= 0.3 is 0 Å². The molecule has 0 aliphatic heterocycles. The van der Waals surface area contributed by atoms with E-state index in [0.717, 1.165) is 0 Å². The second kappa shape index (κ2) is 6.85. The molecular formula is C30H23N. The first-order valence-electron chi connectivity index (χ1n) is 10.8. The molecule has 0 N–H and O–H groups in total. The number of rotatable bonds is 3. The fourth-order valence-electron chi connectivity index (χ4n) is 4.73. The lowest BCUT2D eigenvalue weighted by molar-refractivity contribution is 1.28. The summed E-state index contributed by atoms with van der Waals surface area (Å²) in [6.45, 7) is 4.27. The molecule has 6 aromatic rings. The van der Waals surface area contributed by atoms with Crippen molar-refractivity contribution in [1.82, 2.24) is 0 Å². The normalized spacial score (nSPS) is 11.5. The highest BCUT2D eigenvalue weighted by atomic mass is 15.1. The largest absolute Gasteiger partial charge is 0.310 e. The first-order valence-corrected chi connectivity index (χ1v) is 10.8. The van der Waals surface area contributed by atoms with Crippen molar-refractivity contribution in [1.29, 1.82) is 0 Å². The maximum absolute atomic E-state index is 2.38.